The Bertz CT molecular complexity index is 1540. The topological polar surface area (TPSA) is 78.9 Å². The number of carbonyl (C=O) groups is 3. The van der Waals surface area contributed by atoms with E-state index in [4.69, 9.17) is 14.2 Å². The van der Waals surface area contributed by atoms with Crippen molar-refractivity contribution in [1.82, 2.24) is 0 Å². The summed E-state index contributed by atoms with van der Waals surface area (Å²) in [5.74, 6) is -0.922. The molecule has 414 valence electrons. The molecule has 0 aliphatic heterocycles. The predicted molar refractivity (Wildman–Crippen MR) is 316 cm³/mol. The third kappa shape index (κ3) is 58.6. The maximum Gasteiger partial charge on any atom is 0.306 e. The van der Waals surface area contributed by atoms with E-state index in [2.05, 4.69) is 142 Å². The molecule has 73 heavy (non-hydrogen) atoms. The second kappa shape index (κ2) is 60.4. The summed E-state index contributed by atoms with van der Waals surface area (Å²) < 4.78 is 16.9. The number of unbranched alkanes of at least 4 members (excludes halogenated alkanes) is 22. The van der Waals surface area contributed by atoms with Gasteiger partial charge in [0.1, 0.15) is 13.2 Å². The van der Waals surface area contributed by atoms with Crippen LogP contribution in [0.2, 0.25) is 0 Å². The average Bonchev–Trinajstić information content (AvgIpc) is 3.39. The number of rotatable bonds is 53. The molecule has 6 nitrogen and oxygen atoms in total. The highest BCUT2D eigenvalue weighted by atomic mass is 16.6. The van der Waals surface area contributed by atoms with Gasteiger partial charge in [-0.15, -0.1) is 0 Å². The molecule has 6 heteroatoms. The standard InChI is InChI=1S/C67H110O6/c1-4-7-10-13-16-19-22-25-27-29-30-31-32-33-34-35-36-38-39-42-45-48-51-54-57-60-66(69)72-63-64(62-71-65(68)59-56-53-50-47-44-41-24-21-18-15-12-9-6-3)73-67(70)61-58-55-52-49-46-43-40-37-28-26-23-20-17-14-11-8-5-2/h7-8,10-12,15-17,19-21,24-28,30-31,33-34,64H,4-6,9,13-14,18,22-23,29,32,35-63H2,1-3H3/b10-7-,11-8-,15-12-,19-16-,20-17-,24-21-,27-25-,28-26-,31-30-,34-33-. The first-order valence-electron chi connectivity index (χ1n) is 30.0. The number of allylic oxidation sites excluding steroid dienone is 20. The molecule has 0 fully saturated rings. The first-order valence-corrected chi connectivity index (χ1v) is 30.0. The number of ether oxygens (including phenoxy) is 3. The quantitative estimate of drug-likeness (QED) is 0.0261. The van der Waals surface area contributed by atoms with Crippen molar-refractivity contribution in [2.45, 2.75) is 271 Å². The van der Waals surface area contributed by atoms with Gasteiger partial charge in [-0.2, -0.15) is 0 Å². The highest BCUT2D eigenvalue weighted by Gasteiger charge is 2.19. The molecule has 0 aromatic heterocycles. The lowest BCUT2D eigenvalue weighted by Gasteiger charge is -2.18. The van der Waals surface area contributed by atoms with Gasteiger partial charge in [-0.1, -0.05) is 245 Å². The molecule has 0 bridgehead atoms. The fraction of sp³-hybridized carbons (Fsp3) is 0.657. The van der Waals surface area contributed by atoms with Gasteiger partial charge in [-0.25, -0.2) is 0 Å². The van der Waals surface area contributed by atoms with Crippen molar-refractivity contribution in [2.75, 3.05) is 13.2 Å². The molecule has 0 aromatic carbocycles. The van der Waals surface area contributed by atoms with Crippen molar-refractivity contribution < 1.29 is 28.6 Å². The minimum absolute atomic E-state index is 0.0923. The van der Waals surface area contributed by atoms with Crippen LogP contribution in [0.3, 0.4) is 0 Å². The van der Waals surface area contributed by atoms with Crippen LogP contribution in [0.4, 0.5) is 0 Å². The monoisotopic (exact) mass is 1010 g/mol. The van der Waals surface area contributed by atoms with Gasteiger partial charge in [-0.05, 0) is 122 Å². The Hall–Kier alpha value is -4.19. The summed E-state index contributed by atoms with van der Waals surface area (Å²) in [6.45, 7) is 6.33. The molecule has 1 unspecified atom stereocenters. The Labute approximate surface area is 450 Å². The predicted octanol–water partition coefficient (Wildman–Crippen LogP) is 20.4. The van der Waals surface area contributed by atoms with Crippen molar-refractivity contribution >= 4 is 17.9 Å². The van der Waals surface area contributed by atoms with Crippen LogP contribution in [-0.2, 0) is 28.6 Å². The highest BCUT2D eigenvalue weighted by Crippen LogP contribution is 2.15. The molecule has 0 N–H and O–H groups in total. The molecular formula is C67H110O6. The van der Waals surface area contributed by atoms with E-state index in [-0.39, 0.29) is 31.1 Å². The van der Waals surface area contributed by atoms with Gasteiger partial charge in [0.05, 0.1) is 0 Å². The number of hydrogen-bond acceptors (Lipinski definition) is 6. The largest absolute Gasteiger partial charge is 0.462 e. The Morgan fingerprint density at radius 3 is 0.836 bits per heavy atom. The summed E-state index contributed by atoms with van der Waals surface area (Å²) in [5.41, 5.74) is 0. The molecule has 0 saturated carbocycles. The zero-order valence-electron chi connectivity index (χ0n) is 47.4. The summed E-state index contributed by atoms with van der Waals surface area (Å²) in [7, 11) is 0. The van der Waals surface area contributed by atoms with E-state index in [9.17, 15) is 14.4 Å². The van der Waals surface area contributed by atoms with Crippen molar-refractivity contribution in [3.8, 4) is 0 Å². The normalized spacial score (nSPS) is 13.0. The molecule has 0 rings (SSSR count). The van der Waals surface area contributed by atoms with Gasteiger partial charge >= 0.3 is 17.9 Å². The Morgan fingerprint density at radius 2 is 0.534 bits per heavy atom. The minimum atomic E-state index is -0.796. The molecule has 1 atom stereocenters. The molecule has 0 aliphatic rings. The van der Waals surface area contributed by atoms with Crippen LogP contribution >= 0.6 is 0 Å². The van der Waals surface area contributed by atoms with E-state index >= 15 is 0 Å². The van der Waals surface area contributed by atoms with Gasteiger partial charge in [0.25, 0.3) is 0 Å². The molecule has 0 aromatic rings. The second-order valence-corrected chi connectivity index (χ2v) is 19.5. The van der Waals surface area contributed by atoms with Crippen molar-refractivity contribution in [1.29, 1.82) is 0 Å². The van der Waals surface area contributed by atoms with E-state index in [0.29, 0.717) is 19.3 Å². The lowest BCUT2D eigenvalue weighted by Crippen LogP contribution is -2.30. The van der Waals surface area contributed by atoms with Crippen molar-refractivity contribution in [3.63, 3.8) is 0 Å². The van der Waals surface area contributed by atoms with Crippen molar-refractivity contribution in [2.24, 2.45) is 0 Å². The van der Waals surface area contributed by atoms with Gasteiger partial charge in [0.15, 0.2) is 6.10 Å². The van der Waals surface area contributed by atoms with Gasteiger partial charge < -0.3 is 14.2 Å². The first kappa shape index (κ1) is 68.8. The summed E-state index contributed by atoms with van der Waals surface area (Å²) in [5, 5.41) is 0. The summed E-state index contributed by atoms with van der Waals surface area (Å²) in [6, 6.07) is 0. The molecule has 0 spiro atoms. The summed E-state index contributed by atoms with van der Waals surface area (Å²) >= 11 is 0. The zero-order chi connectivity index (χ0) is 52.9. The van der Waals surface area contributed by atoms with Crippen LogP contribution < -0.4 is 0 Å². The lowest BCUT2D eigenvalue weighted by molar-refractivity contribution is -0.167. The molecule has 0 amide bonds. The molecule has 0 aliphatic carbocycles. The number of hydrogen-bond donors (Lipinski definition) is 0. The van der Waals surface area contributed by atoms with E-state index in [1.165, 1.54) is 70.6 Å². The van der Waals surface area contributed by atoms with E-state index in [0.717, 1.165) is 154 Å². The fourth-order valence-electron chi connectivity index (χ4n) is 7.99. The van der Waals surface area contributed by atoms with Crippen molar-refractivity contribution in [3.05, 3.63) is 122 Å². The third-order valence-corrected chi connectivity index (χ3v) is 12.4. The molecule has 0 radical (unpaired) electrons. The Balaban J connectivity index is 4.37. The number of carbonyl (C=O) groups excluding carboxylic acids is 3. The maximum absolute atomic E-state index is 12.9. The lowest BCUT2D eigenvalue weighted by atomic mass is 10.1. The smallest absolute Gasteiger partial charge is 0.306 e. The van der Waals surface area contributed by atoms with Crippen LogP contribution in [-0.4, -0.2) is 37.2 Å². The molecular weight excluding hydrogens is 901 g/mol. The second-order valence-electron chi connectivity index (χ2n) is 19.5. The molecule has 0 saturated heterocycles. The number of esters is 3. The van der Waals surface area contributed by atoms with Crippen LogP contribution in [0.5, 0.6) is 0 Å². The van der Waals surface area contributed by atoms with Crippen LogP contribution in [0.25, 0.3) is 0 Å². The fourth-order valence-corrected chi connectivity index (χ4v) is 7.99. The minimum Gasteiger partial charge on any atom is -0.462 e. The van der Waals surface area contributed by atoms with Crippen LogP contribution in [0, 0.1) is 0 Å². The average molecular weight is 1010 g/mol. The Morgan fingerprint density at radius 1 is 0.288 bits per heavy atom. The van der Waals surface area contributed by atoms with E-state index in [1.807, 2.05) is 0 Å². The molecule has 0 heterocycles. The first-order chi connectivity index (χ1) is 36.0. The Kier molecular flexibility index (Phi) is 56.9. The van der Waals surface area contributed by atoms with E-state index < -0.39 is 6.10 Å². The third-order valence-electron chi connectivity index (χ3n) is 12.4. The van der Waals surface area contributed by atoms with Gasteiger partial charge in [-0.3, -0.25) is 14.4 Å². The zero-order valence-corrected chi connectivity index (χ0v) is 47.4. The van der Waals surface area contributed by atoms with E-state index in [1.54, 1.807) is 0 Å². The highest BCUT2D eigenvalue weighted by molar-refractivity contribution is 5.71. The summed E-state index contributed by atoms with van der Waals surface area (Å²) in [6.07, 6.45) is 83.3. The van der Waals surface area contributed by atoms with Crippen LogP contribution in [0.1, 0.15) is 265 Å². The SMILES string of the molecule is CC/C=C\C/C=C\C/C=C\C/C=C\C/C=C\CCCCCCCCCCCC(=O)OCC(COC(=O)CCCCCCC/C=C\C/C=C\CCC)OC(=O)CCCCCCCCC/C=C\C/C=C\C/C=C\CC. The van der Waals surface area contributed by atoms with Crippen LogP contribution in [0.15, 0.2) is 122 Å². The summed E-state index contributed by atoms with van der Waals surface area (Å²) in [4.78, 5) is 38.2. The maximum atomic E-state index is 12.9. The van der Waals surface area contributed by atoms with Gasteiger partial charge in [0, 0.05) is 19.3 Å². The van der Waals surface area contributed by atoms with Gasteiger partial charge in [0.2, 0.25) is 0 Å².